The number of esters is 2. The Morgan fingerprint density at radius 1 is 1.02 bits per heavy atom. The number of aromatic nitrogens is 1. The van der Waals surface area contributed by atoms with E-state index < -0.39 is 29.8 Å². The Balaban J connectivity index is 1.50. The van der Waals surface area contributed by atoms with Gasteiger partial charge in [0, 0.05) is 55.6 Å². The summed E-state index contributed by atoms with van der Waals surface area (Å²) in [6.07, 6.45) is 4.21. The average molecular weight is 724 g/mol. The molecule has 0 saturated heterocycles. The van der Waals surface area contributed by atoms with Crippen LogP contribution in [0.3, 0.4) is 0 Å². The lowest BCUT2D eigenvalue weighted by Crippen LogP contribution is -2.64. The number of hydrogen-bond donors (Lipinski definition) is 1. The molecule has 3 fully saturated rings. The minimum atomic E-state index is -0.790. The summed E-state index contributed by atoms with van der Waals surface area (Å²) < 4.78 is 10.7. The zero-order chi connectivity index (χ0) is 37.7. The molecule has 0 spiro atoms. The summed E-state index contributed by atoms with van der Waals surface area (Å²) in [4.78, 5) is 72.2. The third-order valence-corrected chi connectivity index (χ3v) is 12.2. The van der Waals surface area contributed by atoms with E-state index in [4.69, 9.17) is 9.47 Å². The van der Waals surface area contributed by atoms with Crippen molar-refractivity contribution in [3.63, 3.8) is 0 Å². The molecule has 3 saturated carbocycles. The third kappa shape index (κ3) is 9.64. The van der Waals surface area contributed by atoms with Gasteiger partial charge in [0.05, 0.1) is 13.0 Å². The third-order valence-electron chi connectivity index (χ3n) is 11.3. The summed E-state index contributed by atoms with van der Waals surface area (Å²) in [6.45, 7) is 13.5. The van der Waals surface area contributed by atoms with Crippen molar-refractivity contribution in [3.8, 4) is 0 Å². The summed E-state index contributed by atoms with van der Waals surface area (Å²) in [5.74, 6) is -1.92. The number of nitrogens with one attached hydrogen (secondary N) is 1. The monoisotopic (exact) mass is 723 g/mol. The second kappa shape index (κ2) is 16.8. The van der Waals surface area contributed by atoms with Gasteiger partial charge in [-0.3, -0.25) is 24.0 Å². The molecule has 1 aromatic carbocycles. The molecule has 1 heterocycles. The zero-order valence-electron chi connectivity index (χ0n) is 31.8. The van der Waals surface area contributed by atoms with Crippen LogP contribution in [0.4, 0.5) is 0 Å². The Morgan fingerprint density at radius 2 is 1.67 bits per heavy atom. The highest BCUT2D eigenvalue weighted by molar-refractivity contribution is 7.09. The number of rotatable bonds is 19. The van der Waals surface area contributed by atoms with Crippen LogP contribution in [-0.2, 0) is 35.1 Å². The van der Waals surface area contributed by atoms with E-state index in [1.165, 1.54) is 25.4 Å². The highest BCUT2D eigenvalue weighted by atomic mass is 32.1. The number of hydrogen-bond acceptors (Lipinski definition) is 9. The number of nitrogens with zero attached hydrogens (tertiary/aromatic N) is 2. The maximum atomic E-state index is 14.2. The van der Waals surface area contributed by atoms with Crippen LogP contribution >= 0.6 is 11.3 Å². The van der Waals surface area contributed by atoms with E-state index >= 15 is 0 Å². The smallest absolute Gasteiger partial charge is 0.308 e. The van der Waals surface area contributed by atoms with E-state index in [9.17, 15) is 24.0 Å². The quantitative estimate of drug-likeness (QED) is 0.154. The maximum absolute atomic E-state index is 14.2. The van der Waals surface area contributed by atoms with Crippen LogP contribution < -0.4 is 5.32 Å². The Morgan fingerprint density at radius 3 is 2.22 bits per heavy atom. The first-order valence-electron chi connectivity index (χ1n) is 18.4. The van der Waals surface area contributed by atoms with Crippen LogP contribution in [0, 0.1) is 34.5 Å². The lowest BCUT2D eigenvalue weighted by molar-refractivity contribution is -0.198. The summed E-state index contributed by atoms with van der Waals surface area (Å²) in [7, 11) is 3.13. The molecule has 1 aromatic heterocycles. The molecule has 0 aliphatic heterocycles. The summed E-state index contributed by atoms with van der Waals surface area (Å²) in [6, 6.07) is 9.03. The van der Waals surface area contributed by atoms with Gasteiger partial charge in [0.2, 0.25) is 5.91 Å². The average Bonchev–Trinajstić information content (AvgIpc) is 3.56. The Labute approximate surface area is 307 Å². The predicted molar refractivity (Wildman–Crippen MR) is 197 cm³/mol. The number of thiazole rings is 1. The molecule has 1 N–H and O–H groups in total. The van der Waals surface area contributed by atoms with Gasteiger partial charge in [-0.2, -0.15) is 0 Å². The highest BCUT2D eigenvalue weighted by Gasteiger charge is 2.68. The lowest BCUT2D eigenvalue weighted by Gasteiger charge is -2.68. The fourth-order valence-corrected chi connectivity index (χ4v) is 9.20. The number of ether oxygens (including phenoxy) is 2. The fraction of sp³-hybridized carbons (Fsp3) is 0.650. The van der Waals surface area contributed by atoms with Crippen LogP contribution in [0.2, 0.25) is 0 Å². The Kier molecular flexibility index (Phi) is 13.3. The van der Waals surface area contributed by atoms with E-state index in [2.05, 4.69) is 17.2 Å². The van der Waals surface area contributed by atoms with Gasteiger partial charge in [-0.05, 0) is 54.9 Å². The summed E-state index contributed by atoms with van der Waals surface area (Å²) >= 11 is 1.22. The van der Waals surface area contributed by atoms with Crippen molar-refractivity contribution in [3.05, 3.63) is 52.0 Å². The second-order valence-electron chi connectivity index (χ2n) is 15.9. The molecule has 2 amide bonds. The van der Waals surface area contributed by atoms with Gasteiger partial charge >= 0.3 is 11.9 Å². The van der Waals surface area contributed by atoms with Gasteiger partial charge < -0.3 is 19.7 Å². The summed E-state index contributed by atoms with van der Waals surface area (Å²) in [5.41, 5.74) is 1.27. The molecule has 10 nitrogen and oxygen atoms in total. The lowest BCUT2D eigenvalue weighted by atomic mass is 9.34. The van der Waals surface area contributed by atoms with Gasteiger partial charge in [-0.25, -0.2) is 4.98 Å². The van der Waals surface area contributed by atoms with Crippen LogP contribution in [0.1, 0.15) is 121 Å². The highest BCUT2D eigenvalue weighted by Crippen LogP contribution is 2.73. The zero-order valence-corrected chi connectivity index (χ0v) is 32.6. The van der Waals surface area contributed by atoms with Crippen molar-refractivity contribution in [1.82, 2.24) is 15.2 Å². The number of methoxy groups -OCH3 is 1. The van der Waals surface area contributed by atoms with Gasteiger partial charge in [0.25, 0.3) is 5.91 Å². The predicted octanol–water partition coefficient (Wildman–Crippen LogP) is 6.97. The molecule has 5 rings (SSSR count). The van der Waals surface area contributed by atoms with E-state index in [0.29, 0.717) is 23.3 Å². The van der Waals surface area contributed by atoms with Crippen molar-refractivity contribution in [1.29, 1.82) is 0 Å². The van der Waals surface area contributed by atoms with E-state index in [-0.39, 0.29) is 65.5 Å². The van der Waals surface area contributed by atoms with Gasteiger partial charge in [0.15, 0.2) is 6.10 Å². The Bertz CT molecular complexity index is 1540. The molecule has 3 aliphatic carbocycles. The molecule has 6 atom stereocenters. The number of amides is 2. The molecule has 0 radical (unpaired) electrons. The van der Waals surface area contributed by atoms with Crippen molar-refractivity contribution in [2.45, 2.75) is 118 Å². The Hall–Kier alpha value is -3.60. The van der Waals surface area contributed by atoms with E-state index in [1.54, 1.807) is 24.3 Å². The van der Waals surface area contributed by atoms with E-state index in [1.807, 2.05) is 58.0 Å². The largest absolute Gasteiger partial charge is 0.469 e. The first kappa shape index (κ1) is 40.2. The molecular formula is C40H57N3O7S. The van der Waals surface area contributed by atoms with Gasteiger partial charge in [-0.1, -0.05) is 78.3 Å². The molecule has 2 bridgehead atoms. The van der Waals surface area contributed by atoms with Crippen molar-refractivity contribution >= 4 is 40.9 Å². The first-order valence-corrected chi connectivity index (χ1v) is 19.2. The number of carbonyl (C=O) groups is 5. The number of ketones is 1. The van der Waals surface area contributed by atoms with Crippen molar-refractivity contribution in [2.24, 2.45) is 34.5 Å². The van der Waals surface area contributed by atoms with E-state index in [0.717, 1.165) is 31.2 Å². The van der Waals surface area contributed by atoms with Crippen molar-refractivity contribution < 1.29 is 33.4 Å². The van der Waals surface area contributed by atoms with Crippen LogP contribution in [0.15, 0.2) is 35.7 Å². The maximum Gasteiger partial charge on any atom is 0.308 e. The second-order valence-corrected chi connectivity index (χ2v) is 16.8. The first-order chi connectivity index (χ1) is 24.0. The van der Waals surface area contributed by atoms with Crippen LogP contribution in [-0.4, -0.2) is 65.7 Å². The van der Waals surface area contributed by atoms with Gasteiger partial charge in [0.1, 0.15) is 16.5 Å². The van der Waals surface area contributed by atoms with Crippen LogP contribution in [0.5, 0.6) is 0 Å². The van der Waals surface area contributed by atoms with Crippen molar-refractivity contribution in [2.75, 3.05) is 14.2 Å². The van der Waals surface area contributed by atoms with Crippen LogP contribution in [0.25, 0.3) is 0 Å². The minimum absolute atomic E-state index is 0.00105. The topological polar surface area (TPSA) is 132 Å². The molecular weight excluding hydrogens is 667 g/mol. The molecule has 3 aliphatic rings. The van der Waals surface area contributed by atoms with Gasteiger partial charge in [-0.15, -0.1) is 11.3 Å². The number of Topliss-reactive ketones (excluding diaryl/α,β-unsaturated/α-hetero) is 1. The standard InChI is InChI=1S/C40H57N3O7S/c1-10-25(4)30(18-34(45)40-21-39(7,22-40)23-40)37(47)43(8)32(24(2)3)19-33(50-27(6)44)36-42-31(20-51-36)35(46)41-29(16-26(5)38(48)49-9)17-28-14-12-11-13-15-28/h11-15,20,24-26,29-30,32-33H,10,16-19,21-23H2,1-9H3,(H,41,46)/t25-,26-,29+,30-,32+,33+,39?,40?/m0/s1. The minimum Gasteiger partial charge on any atom is -0.469 e. The summed E-state index contributed by atoms with van der Waals surface area (Å²) in [5, 5.41) is 5.15. The normalized spacial score (nSPS) is 22.6. The number of carbonyl (C=O) groups excluding carboxylic acids is 5. The SMILES string of the molecule is CC[C@H](C)[C@H](CC(=O)C12CC(C)(C1)C2)C(=O)N(C)[C@H](C[C@@H](OC(C)=O)c1nc(C(=O)N[C@@H](Cc2ccccc2)C[C@H](C)C(=O)OC)cs1)C(C)C. The molecule has 2 aromatic rings. The molecule has 0 unspecified atom stereocenters. The molecule has 11 heteroatoms. The molecule has 280 valence electrons. The fourth-order valence-electron chi connectivity index (χ4n) is 8.36. The molecule has 51 heavy (non-hydrogen) atoms. The number of benzene rings is 1.